The Morgan fingerprint density at radius 3 is 2.69 bits per heavy atom. The number of hydrogen-bond donors (Lipinski definition) is 0. The minimum atomic E-state index is -0.134. The van der Waals surface area contributed by atoms with Crippen molar-refractivity contribution < 1.29 is 4.74 Å². The number of aromatic nitrogens is 4. The summed E-state index contributed by atoms with van der Waals surface area (Å²) < 4.78 is 10.3. The number of nitriles is 1. The Balaban J connectivity index is 1.59. The molecule has 1 saturated heterocycles. The van der Waals surface area contributed by atoms with Crippen LogP contribution in [-0.4, -0.2) is 45.6 Å². The lowest BCUT2D eigenvalue weighted by atomic mass is 10.2. The number of aryl methyl sites for hydroxylation is 1. The summed E-state index contributed by atoms with van der Waals surface area (Å²) in [6.07, 6.45) is 7.66. The van der Waals surface area contributed by atoms with Gasteiger partial charge in [0.15, 0.2) is 5.82 Å². The van der Waals surface area contributed by atoms with Gasteiger partial charge in [-0.25, -0.2) is 0 Å². The Morgan fingerprint density at radius 2 is 1.94 bits per heavy atom. The molecular weight excluding hydrogens is 460 g/mol. The molecule has 0 spiro atoms. The molecule has 0 saturated carbocycles. The maximum atomic E-state index is 13.3. The Morgan fingerprint density at radius 1 is 1.14 bits per heavy atom. The Hall–Kier alpha value is -3.48. The molecule has 180 valence electrons. The lowest BCUT2D eigenvalue weighted by Crippen LogP contribution is -2.36. The van der Waals surface area contributed by atoms with Crippen LogP contribution in [-0.2, 0) is 24.2 Å². The molecule has 0 N–H and O–H groups in total. The second-order valence-corrected chi connectivity index (χ2v) is 9.73. The molecule has 2 aliphatic heterocycles. The smallest absolute Gasteiger partial charge is 0.269 e. The first kappa shape index (κ1) is 23.3. The minimum absolute atomic E-state index is 0.134. The third-order valence-corrected chi connectivity index (χ3v) is 7.58. The number of allylic oxidation sites excluding steroid dienone is 1. The molecular formula is C26H28N6O2S. The number of morpholine rings is 1. The molecule has 0 radical (unpaired) electrons. The fourth-order valence-corrected chi connectivity index (χ4v) is 5.73. The van der Waals surface area contributed by atoms with Gasteiger partial charge in [-0.3, -0.25) is 9.36 Å². The van der Waals surface area contributed by atoms with Crippen LogP contribution in [0.2, 0.25) is 0 Å². The molecule has 35 heavy (non-hydrogen) atoms. The van der Waals surface area contributed by atoms with Crippen molar-refractivity contribution in [1.82, 2.24) is 19.3 Å². The highest BCUT2D eigenvalue weighted by atomic mass is 32.1. The standard InChI is InChI=1S/C26H28N6O2S/c1-2-11-32-25(33)22(17-19-7-9-20(10-8-19)30-13-15-34-16-14-30)35-26(32)21(18-27)24-29-28-23-6-4-3-5-12-31(23)24/h2,7-10,17H,1,3-6,11-16H2. The van der Waals surface area contributed by atoms with E-state index in [2.05, 4.69) is 39.9 Å². The molecule has 2 aromatic heterocycles. The zero-order chi connectivity index (χ0) is 24.2. The number of benzene rings is 1. The van der Waals surface area contributed by atoms with Crippen molar-refractivity contribution in [3.05, 3.63) is 73.7 Å². The summed E-state index contributed by atoms with van der Waals surface area (Å²) in [6.45, 7) is 8.15. The fraction of sp³-hybridized carbons (Fsp3) is 0.385. The van der Waals surface area contributed by atoms with Crippen LogP contribution in [0.5, 0.6) is 0 Å². The van der Waals surface area contributed by atoms with Gasteiger partial charge in [0.05, 0.1) is 17.7 Å². The van der Waals surface area contributed by atoms with Gasteiger partial charge in [-0.2, -0.15) is 5.26 Å². The van der Waals surface area contributed by atoms with Gasteiger partial charge in [0.2, 0.25) is 0 Å². The lowest BCUT2D eigenvalue weighted by Gasteiger charge is -2.28. The molecule has 3 aromatic rings. The summed E-state index contributed by atoms with van der Waals surface area (Å²) in [5.41, 5.74) is 2.34. The summed E-state index contributed by atoms with van der Waals surface area (Å²) in [5, 5.41) is 18.8. The zero-order valence-corrected chi connectivity index (χ0v) is 20.5. The Kier molecular flexibility index (Phi) is 6.93. The van der Waals surface area contributed by atoms with Crippen molar-refractivity contribution in [2.75, 3.05) is 31.2 Å². The Labute approximate surface area is 207 Å². The van der Waals surface area contributed by atoms with Crippen LogP contribution in [0, 0.1) is 11.3 Å². The first-order valence-corrected chi connectivity index (χ1v) is 12.8. The van der Waals surface area contributed by atoms with E-state index in [1.807, 2.05) is 22.8 Å². The molecule has 5 rings (SSSR count). The summed E-state index contributed by atoms with van der Waals surface area (Å²) in [5.74, 6) is 1.46. The number of rotatable bonds is 5. The summed E-state index contributed by atoms with van der Waals surface area (Å²) in [6, 6.07) is 10.5. The fourth-order valence-electron chi connectivity index (χ4n) is 4.62. The van der Waals surface area contributed by atoms with E-state index >= 15 is 0 Å². The van der Waals surface area contributed by atoms with Gasteiger partial charge < -0.3 is 14.2 Å². The van der Waals surface area contributed by atoms with E-state index in [9.17, 15) is 10.1 Å². The topological polar surface area (TPSA) is 89.0 Å². The number of ether oxygens (including phenoxy) is 1. The van der Waals surface area contributed by atoms with Crippen LogP contribution in [0.15, 0.2) is 41.7 Å². The second kappa shape index (κ2) is 10.4. The molecule has 4 heterocycles. The van der Waals surface area contributed by atoms with Crippen molar-refractivity contribution in [3.8, 4) is 6.07 Å². The third kappa shape index (κ3) is 4.72. The highest BCUT2D eigenvalue weighted by Crippen LogP contribution is 2.19. The van der Waals surface area contributed by atoms with E-state index in [1.54, 1.807) is 10.6 Å². The zero-order valence-electron chi connectivity index (χ0n) is 19.7. The number of fused-ring (bicyclic) bond motifs is 1. The molecule has 0 amide bonds. The normalized spacial score (nSPS) is 17.5. The van der Waals surface area contributed by atoms with Gasteiger partial charge in [0.1, 0.15) is 22.1 Å². The molecule has 8 nitrogen and oxygen atoms in total. The van der Waals surface area contributed by atoms with E-state index < -0.39 is 0 Å². The maximum Gasteiger partial charge on any atom is 0.269 e. The summed E-state index contributed by atoms with van der Waals surface area (Å²) in [7, 11) is 0. The van der Waals surface area contributed by atoms with E-state index in [-0.39, 0.29) is 5.56 Å². The monoisotopic (exact) mass is 488 g/mol. The SMILES string of the molecule is C=CCn1c(=C(C#N)c2nnc3n2CCCCC3)sc(=Cc2ccc(N3CCOCC3)cc2)c1=O. The van der Waals surface area contributed by atoms with E-state index in [4.69, 9.17) is 4.74 Å². The van der Waals surface area contributed by atoms with E-state index in [0.29, 0.717) is 27.1 Å². The van der Waals surface area contributed by atoms with Crippen molar-refractivity contribution >= 4 is 28.7 Å². The largest absolute Gasteiger partial charge is 0.378 e. The second-order valence-electron chi connectivity index (χ2n) is 8.70. The van der Waals surface area contributed by atoms with Gasteiger partial charge in [0, 0.05) is 38.3 Å². The average Bonchev–Trinajstić information content (AvgIpc) is 3.31. The predicted molar refractivity (Wildman–Crippen MR) is 137 cm³/mol. The first-order chi connectivity index (χ1) is 17.2. The molecule has 2 aliphatic rings. The van der Waals surface area contributed by atoms with Crippen molar-refractivity contribution in [1.29, 1.82) is 5.26 Å². The molecule has 0 unspecified atom stereocenters. The number of thiazole rings is 1. The lowest BCUT2D eigenvalue weighted by molar-refractivity contribution is 0.122. The molecule has 0 bridgehead atoms. The first-order valence-electron chi connectivity index (χ1n) is 12.0. The van der Waals surface area contributed by atoms with Crippen molar-refractivity contribution in [2.45, 2.75) is 38.8 Å². The van der Waals surface area contributed by atoms with Crippen LogP contribution in [0.3, 0.4) is 0 Å². The Bertz CT molecular complexity index is 1430. The molecule has 9 heteroatoms. The van der Waals surface area contributed by atoms with Crippen LogP contribution in [0.4, 0.5) is 5.69 Å². The van der Waals surface area contributed by atoms with Crippen molar-refractivity contribution in [2.24, 2.45) is 0 Å². The summed E-state index contributed by atoms with van der Waals surface area (Å²) >= 11 is 1.32. The van der Waals surface area contributed by atoms with Gasteiger partial charge in [-0.1, -0.05) is 24.6 Å². The molecule has 0 aliphatic carbocycles. The highest BCUT2D eigenvalue weighted by molar-refractivity contribution is 7.07. The average molecular weight is 489 g/mol. The van der Waals surface area contributed by atoms with Crippen LogP contribution in [0.25, 0.3) is 11.6 Å². The van der Waals surface area contributed by atoms with Crippen LogP contribution in [0.1, 0.15) is 36.5 Å². The minimum Gasteiger partial charge on any atom is -0.378 e. The van der Waals surface area contributed by atoms with E-state index in [0.717, 1.165) is 75.6 Å². The van der Waals surface area contributed by atoms with E-state index in [1.165, 1.54) is 11.3 Å². The van der Waals surface area contributed by atoms with Gasteiger partial charge in [-0.05, 0) is 36.6 Å². The quantitative estimate of drug-likeness (QED) is 0.509. The van der Waals surface area contributed by atoms with Gasteiger partial charge in [-0.15, -0.1) is 28.1 Å². The molecule has 1 fully saturated rings. The third-order valence-electron chi connectivity index (χ3n) is 6.45. The van der Waals surface area contributed by atoms with Gasteiger partial charge in [0.25, 0.3) is 5.56 Å². The van der Waals surface area contributed by atoms with Crippen LogP contribution < -0.4 is 19.7 Å². The maximum absolute atomic E-state index is 13.3. The summed E-state index contributed by atoms with van der Waals surface area (Å²) in [4.78, 5) is 15.6. The van der Waals surface area contributed by atoms with Gasteiger partial charge >= 0.3 is 0 Å². The van der Waals surface area contributed by atoms with Crippen LogP contribution >= 0.6 is 11.3 Å². The number of nitrogens with zero attached hydrogens (tertiary/aromatic N) is 6. The number of anilines is 1. The molecule has 1 aromatic carbocycles. The predicted octanol–water partition coefficient (Wildman–Crippen LogP) is 1.80. The number of hydrogen-bond acceptors (Lipinski definition) is 7. The molecule has 0 atom stereocenters. The highest BCUT2D eigenvalue weighted by Gasteiger charge is 2.20. The van der Waals surface area contributed by atoms with Crippen molar-refractivity contribution in [3.63, 3.8) is 0 Å².